The monoisotopic (exact) mass is 659 g/mol. The lowest BCUT2D eigenvalue weighted by molar-refractivity contribution is 0.135. The van der Waals surface area contributed by atoms with Crippen molar-refractivity contribution in [1.82, 2.24) is 9.80 Å². The van der Waals surface area contributed by atoms with Crippen molar-refractivity contribution < 1.29 is 0 Å². The predicted octanol–water partition coefficient (Wildman–Crippen LogP) is 15.9. The summed E-state index contributed by atoms with van der Waals surface area (Å²) in [4.78, 5) is 5.46. The zero-order chi connectivity index (χ0) is 33.7. The lowest BCUT2D eigenvalue weighted by atomic mass is 10.0. The number of unbranched alkanes of at least 4 members (excludes halogenated alkanes) is 33. The maximum absolute atomic E-state index is 2.73. The van der Waals surface area contributed by atoms with E-state index in [0.717, 1.165) is 0 Å². The van der Waals surface area contributed by atoms with Gasteiger partial charge in [0.15, 0.2) is 0 Å². The summed E-state index contributed by atoms with van der Waals surface area (Å²) in [7, 11) is 0. The van der Waals surface area contributed by atoms with Crippen LogP contribution in [0, 0.1) is 0 Å². The van der Waals surface area contributed by atoms with Crippen LogP contribution in [0.4, 0.5) is 0 Å². The first-order valence-electron chi connectivity index (χ1n) is 22.5. The van der Waals surface area contributed by atoms with Gasteiger partial charge in [0.25, 0.3) is 0 Å². The van der Waals surface area contributed by atoms with E-state index in [0.29, 0.717) is 6.17 Å². The van der Waals surface area contributed by atoms with Crippen molar-refractivity contribution in [2.45, 2.75) is 265 Å². The van der Waals surface area contributed by atoms with Gasteiger partial charge in [-0.1, -0.05) is 233 Å². The summed E-state index contributed by atoms with van der Waals surface area (Å²) in [6, 6.07) is 0. The van der Waals surface area contributed by atoms with E-state index in [9.17, 15) is 0 Å². The van der Waals surface area contributed by atoms with Gasteiger partial charge in [0.1, 0.15) is 6.17 Å². The van der Waals surface area contributed by atoms with Crippen molar-refractivity contribution >= 4 is 0 Å². The fraction of sp³-hybridized carbons (Fsp3) is 0.956. The first-order chi connectivity index (χ1) is 23.3. The second kappa shape index (κ2) is 36.6. The smallest absolute Gasteiger partial charge is 0.101 e. The summed E-state index contributed by atoms with van der Waals surface area (Å²) in [6.45, 7) is 9.49. The normalized spacial score (nSPS) is 14.7. The molecule has 0 aromatic heterocycles. The molecule has 0 spiro atoms. The quantitative estimate of drug-likeness (QED) is 0.0606. The average Bonchev–Trinajstić information content (AvgIpc) is 3.47. The number of hydrogen-bond donors (Lipinski definition) is 0. The van der Waals surface area contributed by atoms with E-state index in [1.807, 2.05) is 0 Å². The minimum absolute atomic E-state index is 0.638. The highest BCUT2D eigenvalue weighted by atomic mass is 15.4. The van der Waals surface area contributed by atoms with E-state index in [1.165, 1.54) is 251 Å². The molecule has 0 bridgehead atoms. The molecule has 0 aromatic carbocycles. The second-order valence-electron chi connectivity index (χ2n) is 15.7. The van der Waals surface area contributed by atoms with Gasteiger partial charge in [-0.05, 0) is 25.7 Å². The summed E-state index contributed by atoms with van der Waals surface area (Å²) >= 11 is 0. The Balaban J connectivity index is 2.20. The minimum atomic E-state index is 0.638. The average molecular weight is 659 g/mol. The van der Waals surface area contributed by atoms with Gasteiger partial charge in [-0.3, -0.25) is 0 Å². The minimum Gasteiger partial charge on any atom is -0.356 e. The van der Waals surface area contributed by atoms with Gasteiger partial charge in [0.2, 0.25) is 0 Å². The van der Waals surface area contributed by atoms with E-state index >= 15 is 0 Å². The molecule has 0 amide bonds. The predicted molar refractivity (Wildman–Crippen MR) is 214 cm³/mol. The van der Waals surface area contributed by atoms with Gasteiger partial charge < -0.3 is 9.80 Å². The molecule has 0 radical (unpaired) electrons. The highest BCUT2D eigenvalue weighted by Gasteiger charge is 2.24. The molecule has 2 nitrogen and oxygen atoms in total. The molecule has 47 heavy (non-hydrogen) atoms. The van der Waals surface area contributed by atoms with Crippen LogP contribution >= 0.6 is 0 Å². The van der Waals surface area contributed by atoms with E-state index in [-0.39, 0.29) is 0 Å². The number of nitrogens with zero attached hydrogens (tertiary/aromatic N) is 2. The summed E-state index contributed by atoms with van der Waals surface area (Å²) < 4.78 is 0. The van der Waals surface area contributed by atoms with Crippen LogP contribution in [0.3, 0.4) is 0 Å². The Morgan fingerprint density at radius 3 is 0.745 bits per heavy atom. The summed E-state index contributed by atoms with van der Waals surface area (Å²) in [5.74, 6) is 0. The molecule has 0 saturated carbocycles. The van der Waals surface area contributed by atoms with E-state index < -0.39 is 0 Å². The van der Waals surface area contributed by atoms with E-state index in [1.54, 1.807) is 0 Å². The molecule has 0 N–H and O–H groups in total. The molecule has 280 valence electrons. The van der Waals surface area contributed by atoms with Crippen molar-refractivity contribution in [2.24, 2.45) is 0 Å². The molecular formula is C45H90N2. The maximum atomic E-state index is 2.73. The molecule has 1 aliphatic rings. The van der Waals surface area contributed by atoms with Gasteiger partial charge in [-0.15, -0.1) is 0 Å². The van der Waals surface area contributed by atoms with Crippen LogP contribution in [0.15, 0.2) is 12.4 Å². The Bertz CT molecular complexity index is 615. The first kappa shape index (κ1) is 44.4. The largest absolute Gasteiger partial charge is 0.356 e. The molecule has 1 aliphatic heterocycles. The van der Waals surface area contributed by atoms with Crippen LogP contribution in [0.5, 0.6) is 0 Å². The zero-order valence-electron chi connectivity index (χ0n) is 33.2. The third kappa shape index (κ3) is 28.8. The van der Waals surface area contributed by atoms with Crippen LogP contribution < -0.4 is 0 Å². The van der Waals surface area contributed by atoms with Crippen molar-refractivity contribution in [3.05, 3.63) is 12.4 Å². The molecule has 2 heteroatoms. The Hall–Kier alpha value is -0.660. The summed E-state index contributed by atoms with van der Waals surface area (Å²) in [5, 5.41) is 0. The van der Waals surface area contributed by atoms with E-state index in [4.69, 9.17) is 0 Å². The Morgan fingerprint density at radius 1 is 0.277 bits per heavy atom. The third-order valence-corrected chi connectivity index (χ3v) is 11.1. The fourth-order valence-corrected chi connectivity index (χ4v) is 7.78. The van der Waals surface area contributed by atoms with Crippen LogP contribution in [-0.4, -0.2) is 29.1 Å². The van der Waals surface area contributed by atoms with Crippen LogP contribution in [0.2, 0.25) is 0 Å². The lowest BCUT2D eigenvalue weighted by Crippen LogP contribution is -2.39. The molecule has 1 heterocycles. The maximum Gasteiger partial charge on any atom is 0.101 e. The molecule has 0 saturated heterocycles. The summed E-state index contributed by atoms with van der Waals surface area (Å²) in [6.07, 6.45) is 58.9. The Morgan fingerprint density at radius 2 is 0.489 bits per heavy atom. The molecule has 1 atom stereocenters. The third-order valence-electron chi connectivity index (χ3n) is 11.1. The topological polar surface area (TPSA) is 6.48 Å². The molecule has 0 fully saturated rings. The van der Waals surface area contributed by atoms with Gasteiger partial charge in [0, 0.05) is 25.5 Å². The number of rotatable bonds is 39. The van der Waals surface area contributed by atoms with E-state index in [2.05, 4.69) is 43.0 Å². The molecule has 0 aliphatic carbocycles. The van der Waals surface area contributed by atoms with Crippen molar-refractivity contribution in [1.29, 1.82) is 0 Å². The van der Waals surface area contributed by atoms with Crippen LogP contribution in [0.25, 0.3) is 0 Å². The van der Waals surface area contributed by atoms with Gasteiger partial charge in [0.05, 0.1) is 0 Å². The highest BCUT2D eigenvalue weighted by Crippen LogP contribution is 2.24. The Labute approximate surface area is 299 Å². The van der Waals surface area contributed by atoms with Gasteiger partial charge >= 0.3 is 0 Å². The molecule has 1 rings (SSSR count). The first-order valence-corrected chi connectivity index (χ1v) is 22.5. The van der Waals surface area contributed by atoms with Gasteiger partial charge in [-0.2, -0.15) is 0 Å². The fourth-order valence-electron chi connectivity index (χ4n) is 7.78. The zero-order valence-corrected chi connectivity index (χ0v) is 33.2. The van der Waals surface area contributed by atoms with Crippen LogP contribution in [-0.2, 0) is 0 Å². The van der Waals surface area contributed by atoms with Crippen molar-refractivity contribution in [3.8, 4) is 0 Å². The Kier molecular flexibility index (Phi) is 34.6. The standard InChI is InChI=1S/C45H90N2/c1-4-7-10-13-16-19-22-23-24-25-26-28-31-34-37-40-45-46(41-38-35-32-29-21-18-15-12-9-6-3)43-44-47(45)42-39-36-33-30-27-20-17-14-11-8-5-2/h43-45H,4-42H2,1-3H3. The van der Waals surface area contributed by atoms with Crippen molar-refractivity contribution in [3.63, 3.8) is 0 Å². The molecular weight excluding hydrogens is 569 g/mol. The SMILES string of the molecule is CCCCCCCCCCCCCCCCCC1N(CCCCCCCCCCCC)C=CN1CCCCCCCCCCCCC. The summed E-state index contributed by atoms with van der Waals surface area (Å²) in [5.41, 5.74) is 0. The second-order valence-corrected chi connectivity index (χ2v) is 15.7. The van der Waals surface area contributed by atoms with Crippen LogP contribution in [0.1, 0.15) is 258 Å². The lowest BCUT2D eigenvalue weighted by Gasteiger charge is -2.33. The van der Waals surface area contributed by atoms with Crippen molar-refractivity contribution in [2.75, 3.05) is 13.1 Å². The molecule has 0 aromatic rings. The molecule has 1 unspecified atom stereocenters. The highest BCUT2D eigenvalue weighted by molar-refractivity contribution is 4.97. The number of hydrogen-bond acceptors (Lipinski definition) is 2. The van der Waals surface area contributed by atoms with Gasteiger partial charge in [-0.25, -0.2) is 0 Å².